The van der Waals surface area contributed by atoms with Gasteiger partial charge in [0.25, 0.3) is 0 Å². The zero-order valence-corrected chi connectivity index (χ0v) is 32.7. The third kappa shape index (κ3) is 12.3. The fourth-order valence-corrected chi connectivity index (χ4v) is 7.63. The molecule has 296 valence electrons. The molecule has 0 saturated carbocycles. The molecule has 53 heavy (non-hydrogen) atoms. The van der Waals surface area contributed by atoms with Gasteiger partial charge in [0.05, 0.1) is 49.1 Å². The Morgan fingerprint density at radius 2 is 1.64 bits per heavy atom. The number of benzene rings is 2. The van der Waals surface area contributed by atoms with Crippen LogP contribution in [-0.2, 0) is 39.8 Å². The molecule has 0 unspecified atom stereocenters. The summed E-state index contributed by atoms with van der Waals surface area (Å²) < 4.78 is 35.8. The predicted molar refractivity (Wildman–Crippen MR) is 200 cm³/mol. The van der Waals surface area contributed by atoms with Gasteiger partial charge >= 0.3 is 6.09 Å². The van der Waals surface area contributed by atoms with Crippen LogP contribution in [0.4, 0.5) is 4.79 Å². The summed E-state index contributed by atoms with van der Waals surface area (Å²) in [5.41, 5.74) is 1.83. The first-order chi connectivity index (χ1) is 25.3. The summed E-state index contributed by atoms with van der Waals surface area (Å²) in [6, 6.07) is 18.7. The molecule has 2 aliphatic heterocycles. The molecule has 2 N–H and O–H groups in total. The van der Waals surface area contributed by atoms with Gasteiger partial charge in [-0.05, 0) is 63.5 Å². The maximum atomic E-state index is 13.7. The number of nitrogens with zero attached hydrogens (tertiary/aromatic N) is 1. The second-order valence-electron chi connectivity index (χ2n) is 15.3. The van der Waals surface area contributed by atoms with Gasteiger partial charge in [0.2, 0.25) is 5.91 Å². The van der Waals surface area contributed by atoms with Gasteiger partial charge in [0.15, 0.2) is 5.79 Å². The molecule has 2 aromatic rings. The fraction of sp³-hybridized carbons (Fsp3) is 0.667. The first-order valence-corrected chi connectivity index (χ1v) is 19.4. The Morgan fingerprint density at radius 3 is 2.30 bits per heavy atom. The van der Waals surface area contributed by atoms with Crippen LogP contribution in [0.25, 0.3) is 0 Å². The third-order valence-corrected chi connectivity index (χ3v) is 10.7. The van der Waals surface area contributed by atoms with Gasteiger partial charge in [-0.3, -0.25) is 4.79 Å². The molecule has 4 rings (SSSR count). The Morgan fingerprint density at radius 1 is 0.962 bits per heavy atom. The Kier molecular flexibility index (Phi) is 16.7. The van der Waals surface area contributed by atoms with Crippen molar-refractivity contribution in [2.24, 2.45) is 17.8 Å². The molecule has 0 radical (unpaired) electrons. The van der Waals surface area contributed by atoms with Gasteiger partial charge in [-0.15, -0.1) is 0 Å². The minimum Gasteiger partial charge on any atom is -0.446 e. The van der Waals surface area contributed by atoms with E-state index in [1.807, 2.05) is 74.5 Å². The van der Waals surface area contributed by atoms with Gasteiger partial charge in [-0.2, -0.15) is 0 Å². The second-order valence-corrected chi connectivity index (χ2v) is 15.3. The number of carbonyl (C=O) groups is 2. The van der Waals surface area contributed by atoms with Crippen LogP contribution >= 0.6 is 0 Å². The predicted octanol–water partition coefficient (Wildman–Crippen LogP) is 7.18. The van der Waals surface area contributed by atoms with Crippen LogP contribution in [0.2, 0.25) is 0 Å². The van der Waals surface area contributed by atoms with E-state index in [0.29, 0.717) is 32.3 Å². The highest BCUT2D eigenvalue weighted by Crippen LogP contribution is 2.39. The van der Waals surface area contributed by atoms with Crippen molar-refractivity contribution in [3.05, 3.63) is 71.8 Å². The molecule has 2 aliphatic rings. The van der Waals surface area contributed by atoms with Crippen LogP contribution in [0.3, 0.4) is 0 Å². The molecule has 10 atom stereocenters. The number of carbonyl (C=O) groups excluding carboxylic acids is 2. The molecule has 0 aliphatic carbocycles. The molecule has 11 heteroatoms. The van der Waals surface area contributed by atoms with Crippen molar-refractivity contribution in [3.63, 3.8) is 0 Å². The number of cyclic esters (lactones) is 1. The van der Waals surface area contributed by atoms with Crippen molar-refractivity contribution in [1.29, 1.82) is 0 Å². The maximum Gasteiger partial charge on any atom is 0.417 e. The number of aliphatic hydroxyl groups excluding tert-OH is 2. The average Bonchev–Trinajstić information content (AvgIpc) is 3.54. The average molecular weight is 742 g/mol. The number of amides is 2. The van der Waals surface area contributed by atoms with E-state index in [1.165, 1.54) is 0 Å². The van der Waals surface area contributed by atoms with Crippen molar-refractivity contribution in [2.45, 2.75) is 142 Å². The lowest BCUT2D eigenvalue weighted by atomic mass is 9.81. The Balaban J connectivity index is 1.44. The van der Waals surface area contributed by atoms with E-state index in [-0.39, 0.29) is 56.1 Å². The number of imide groups is 1. The summed E-state index contributed by atoms with van der Waals surface area (Å²) in [5.74, 6) is -2.32. The highest BCUT2D eigenvalue weighted by Gasteiger charge is 2.46. The van der Waals surface area contributed by atoms with E-state index in [9.17, 15) is 19.8 Å². The standard InChI is InChI=1S/C42H63NO10/c1-8-15-34(51-27-48-7)24-33(44)20-22-38-30(4)39(53-42(5,6)52-38)29(3)37(49-25-31-16-11-9-12-17-31)23-21-36(45)28(2)40(46)43-35(26-50-41(43)47)32-18-13-10-14-19-32/h9-14,16-19,28-30,33-39,44-45H,8,15,20-27H2,1-7H3/t28-,29-,30-,33-,34+,35+,36+,37+,38-,39-/m1/s1. The summed E-state index contributed by atoms with van der Waals surface area (Å²) in [5, 5.41) is 22.4. The van der Waals surface area contributed by atoms with Gasteiger partial charge in [0, 0.05) is 18.9 Å². The molecule has 2 saturated heterocycles. The van der Waals surface area contributed by atoms with Crippen molar-refractivity contribution in [3.8, 4) is 0 Å². The molecule has 0 bridgehead atoms. The van der Waals surface area contributed by atoms with Crippen LogP contribution in [0.15, 0.2) is 60.7 Å². The van der Waals surface area contributed by atoms with Gasteiger partial charge in [-0.1, -0.05) is 94.8 Å². The SMILES string of the molecule is CCC[C@@H](C[C@H](O)CC[C@H]1OC(C)(C)O[C@H]([C@H](C)[C@H](CC[C@H](O)[C@@H](C)C(=O)N2C(=O)OC[C@H]2c2ccccc2)OCc2ccccc2)[C@@H]1C)OCOC. The Labute approximate surface area is 316 Å². The largest absolute Gasteiger partial charge is 0.446 e. The van der Waals surface area contributed by atoms with Crippen molar-refractivity contribution in [2.75, 3.05) is 20.5 Å². The van der Waals surface area contributed by atoms with E-state index in [0.717, 1.165) is 28.9 Å². The zero-order valence-electron chi connectivity index (χ0n) is 32.7. The minimum atomic E-state index is -1.02. The molecule has 2 amide bonds. The van der Waals surface area contributed by atoms with Gasteiger partial charge in [0.1, 0.15) is 19.4 Å². The van der Waals surface area contributed by atoms with E-state index in [2.05, 4.69) is 20.8 Å². The molecule has 2 aromatic carbocycles. The summed E-state index contributed by atoms with van der Waals surface area (Å²) in [6.45, 7) is 12.5. The van der Waals surface area contributed by atoms with Crippen molar-refractivity contribution in [1.82, 2.24) is 4.90 Å². The van der Waals surface area contributed by atoms with Crippen LogP contribution in [-0.4, -0.2) is 90.0 Å². The number of aliphatic hydroxyl groups is 2. The highest BCUT2D eigenvalue weighted by atomic mass is 16.7. The number of hydrogen-bond donors (Lipinski definition) is 2. The lowest BCUT2D eigenvalue weighted by Crippen LogP contribution is -2.54. The molecule has 2 fully saturated rings. The van der Waals surface area contributed by atoms with Crippen LogP contribution in [0.5, 0.6) is 0 Å². The smallest absolute Gasteiger partial charge is 0.417 e. The number of methoxy groups -OCH3 is 1. The number of rotatable bonds is 21. The van der Waals surface area contributed by atoms with E-state index in [4.69, 9.17) is 28.4 Å². The Hall–Kier alpha value is -2.90. The van der Waals surface area contributed by atoms with Gasteiger partial charge in [-0.25, -0.2) is 9.69 Å². The van der Waals surface area contributed by atoms with E-state index in [1.54, 1.807) is 14.0 Å². The topological polar surface area (TPSA) is 133 Å². The monoisotopic (exact) mass is 741 g/mol. The first kappa shape index (κ1) is 42.8. The van der Waals surface area contributed by atoms with E-state index < -0.39 is 42.0 Å². The molecule has 0 aromatic heterocycles. The Bertz CT molecular complexity index is 1380. The molecule has 2 heterocycles. The van der Waals surface area contributed by atoms with Crippen LogP contribution < -0.4 is 0 Å². The fourth-order valence-electron chi connectivity index (χ4n) is 7.63. The zero-order chi connectivity index (χ0) is 38.5. The van der Waals surface area contributed by atoms with Crippen molar-refractivity contribution < 1.29 is 48.2 Å². The molecular formula is C42H63NO10. The van der Waals surface area contributed by atoms with Crippen LogP contribution in [0, 0.1) is 17.8 Å². The normalized spacial score (nSPS) is 24.9. The van der Waals surface area contributed by atoms with Crippen LogP contribution in [0.1, 0.15) is 104 Å². The molecular weight excluding hydrogens is 678 g/mol. The second kappa shape index (κ2) is 20.7. The molecule has 0 spiro atoms. The number of hydrogen-bond acceptors (Lipinski definition) is 10. The summed E-state index contributed by atoms with van der Waals surface area (Å²) in [4.78, 5) is 27.5. The molecule has 11 nitrogen and oxygen atoms in total. The minimum absolute atomic E-state index is 0.0224. The van der Waals surface area contributed by atoms with Crippen molar-refractivity contribution >= 4 is 12.0 Å². The number of ether oxygens (including phenoxy) is 6. The summed E-state index contributed by atoms with van der Waals surface area (Å²) in [6.07, 6.45) is 1.19. The van der Waals surface area contributed by atoms with Gasteiger partial charge < -0.3 is 38.6 Å². The lowest BCUT2D eigenvalue weighted by Gasteiger charge is -2.48. The summed E-state index contributed by atoms with van der Waals surface area (Å²) >= 11 is 0. The maximum absolute atomic E-state index is 13.7. The summed E-state index contributed by atoms with van der Waals surface area (Å²) in [7, 11) is 1.60. The lowest BCUT2D eigenvalue weighted by molar-refractivity contribution is -0.332. The highest BCUT2D eigenvalue weighted by molar-refractivity contribution is 5.95. The van der Waals surface area contributed by atoms with E-state index >= 15 is 0 Å². The first-order valence-electron chi connectivity index (χ1n) is 19.4. The quantitative estimate of drug-likeness (QED) is 0.127. The third-order valence-electron chi connectivity index (χ3n) is 10.7.